The lowest BCUT2D eigenvalue weighted by molar-refractivity contribution is -0.110. The van der Waals surface area contributed by atoms with E-state index in [1.807, 2.05) is 0 Å². The predicted molar refractivity (Wildman–Crippen MR) is 126 cm³/mol. The molecule has 4 saturated heterocycles. The minimum Gasteiger partial charge on any atom is -0.302 e. The van der Waals surface area contributed by atoms with Gasteiger partial charge >= 0.3 is 0 Å². The molecule has 0 aliphatic carbocycles. The number of likely N-dealkylation sites (N-methyl/N-ethyl adjacent to an activating group) is 3. The van der Waals surface area contributed by atoms with E-state index in [-0.39, 0.29) is 0 Å². The molecular formula is C24H48N6. The van der Waals surface area contributed by atoms with Crippen LogP contribution in [0.25, 0.3) is 0 Å². The zero-order valence-electron chi connectivity index (χ0n) is 20.1. The fourth-order valence-electron chi connectivity index (χ4n) is 6.38. The van der Waals surface area contributed by atoms with Gasteiger partial charge in [-0.25, -0.2) is 0 Å². The van der Waals surface area contributed by atoms with E-state index in [1.54, 1.807) is 0 Å². The van der Waals surface area contributed by atoms with Crippen LogP contribution in [-0.4, -0.2) is 126 Å². The van der Waals surface area contributed by atoms with E-state index in [1.165, 1.54) is 117 Å². The third-order valence-electron chi connectivity index (χ3n) is 8.42. The van der Waals surface area contributed by atoms with Crippen molar-refractivity contribution in [3.63, 3.8) is 0 Å². The molecular weight excluding hydrogens is 372 g/mol. The molecule has 3 atom stereocenters. The highest BCUT2D eigenvalue weighted by molar-refractivity contribution is 4.90. The lowest BCUT2D eigenvalue weighted by Crippen LogP contribution is -2.66. The van der Waals surface area contributed by atoms with Crippen LogP contribution < -0.4 is 0 Å². The first kappa shape index (κ1) is 22.9. The van der Waals surface area contributed by atoms with Crippen LogP contribution in [0.2, 0.25) is 0 Å². The summed E-state index contributed by atoms with van der Waals surface area (Å²) < 4.78 is 0. The van der Waals surface area contributed by atoms with Crippen molar-refractivity contribution in [1.29, 1.82) is 0 Å². The second kappa shape index (κ2) is 11.1. The van der Waals surface area contributed by atoms with Gasteiger partial charge in [0.2, 0.25) is 0 Å². The van der Waals surface area contributed by atoms with Gasteiger partial charge < -0.3 is 14.7 Å². The Bertz CT molecular complexity index is 439. The summed E-state index contributed by atoms with van der Waals surface area (Å²) in [6.45, 7) is 21.9. The highest BCUT2D eigenvalue weighted by Gasteiger charge is 2.37. The summed E-state index contributed by atoms with van der Waals surface area (Å²) in [4.78, 5) is 16.6. The van der Waals surface area contributed by atoms with Crippen LogP contribution in [0.5, 0.6) is 0 Å². The molecule has 4 heterocycles. The van der Waals surface area contributed by atoms with Crippen LogP contribution in [0.3, 0.4) is 0 Å². The number of hydrogen-bond acceptors (Lipinski definition) is 6. The summed E-state index contributed by atoms with van der Waals surface area (Å²) in [7, 11) is 0. The normalized spacial score (nSPS) is 35.1. The van der Waals surface area contributed by atoms with Crippen molar-refractivity contribution in [1.82, 2.24) is 29.4 Å². The molecule has 0 N–H and O–H groups in total. The maximum absolute atomic E-state index is 2.86. The molecule has 4 aliphatic heterocycles. The quantitative estimate of drug-likeness (QED) is 0.652. The number of piperidine rings is 3. The standard InChI is InChI=1S/C24H48N6/c1-4-25-13-7-10-22(16-25)28-19-29(23-11-8-14-26(5-2)17-23)21-30(20-28)24-12-9-15-27(6-3)18-24/h22-24H,4-21H2,1-3H3. The van der Waals surface area contributed by atoms with Gasteiger partial charge in [-0.1, -0.05) is 20.8 Å². The van der Waals surface area contributed by atoms with Gasteiger partial charge in [0.15, 0.2) is 0 Å². The van der Waals surface area contributed by atoms with Crippen molar-refractivity contribution in [2.45, 2.75) is 77.4 Å². The Hall–Kier alpha value is -0.240. The molecule has 3 unspecified atom stereocenters. The van der Waals surface area contributed by atoms with Crippen molar-refractivity contribution in [3.05, 3.63) is 0 Å². The van der Waals surface area contributed by atoms with E-state index in [0.29, 0.717) is 0 Å². The first-order chi connectivity index (χ1) is 14.7. The van der Waals surface area contributed by atoms with Crippen LogP contribution >= 0.6 is 0 Å². The molecule has 0 aromatic heterocycles. The summed E-state index contributed by atoms with van der Waals surface area (Å²) in [6, 6.07) is 2.21. The fourth-order valence-corrected chi connectivity index (χ4v) is 6.38. The fraction of sp³-hybridized carbons (Fsp3) is 1.00. The van der Waals surface area contributed by atoms with Gasteiger partial charge in [0.25, 0.3) is 0 Å². The van der Waals surface area contributed by atoms with Crippen molar-refractivity contribution >= 4 is 0 Å². The first-order valence-electron chi connectivity index (χ1n) is 13.1. The SMILES string of the molecule is CCN1CCCC(N2CN(C3CCCN(CC)C3)CN(C3CCCN(CC)C3)C2)C1. The predicted octanol–water partition coefficient (Wildman–Crippen LogP) is 2.23. The van der Waals surface area contributed by atoms with Crippen LogP contribution in [0.1, 0.15) is 59.3 Å². The Labute approximate surface area is 186 Å². The second-order valence-electron chi connectivity index (χ2n) is 10.3. The Morgan fingerprint density at radius 3 is 1.07 bits per heavy atom. The monoisotopic (exact) mass is 420 g/mol. The molecule has 0 aromatic carbocycles. The maximum Gasteiger partial charge on any atom is 0.0536 e. The topological polar surface area (TPSA) is 19.4 Å². The minimum absolute atomic E-state index is 0.737. The average Bonchev–Trinajstić information content (AvgIpc) is 2.83. The maximum atomic E-state index is 2.86. The third kappa shape index (κ3) is 5.57. The molecule has 4 rings (SSSR count). The molecule has 174 valence electrons. The molecule has 6 heteroatoms. The van der Waals surface area contributed by atoms with E-state index >= 15 is 0 Å². The zero-order valence-corrected chi connectivity index (χ0v) is 20.1. The van der Waals surface area contributed by atoms with E-state index in [9.17, 15) is 0 Å². The van der Waals surface area contributed by atoms with E-state index in [0.717, 1.165) is 18.1 Å². The third-order valence-corrected chi connectivity index (χ3v) is 8.42. The van der Waals surface area contributed by atoms with Crippen LogP contribution in [0.15, 0.2) is 0 Å². The van der Waals surface area contributed by atoms with Gasteiger partial charge in [-0.2, -0.15) is 0 Å². The minimum atomic E-state index is 0.737. The van der Waals surface area contributed by atoms with Crippen LogP contribution in [0.4, 0.5) is 0 Å². The lowest BCUT2D eigenvalue weighted by atomic mass is 10.0. The Morgan fingerprint density at radius 2 is 0.800 bits per heavy atom. The van der Waals surface area contributed by atoms with Gasteiger partial charge in [0, 0.05) is 37.8 Å². The molecule has 0 spiro atoms. The van der Waals surface area contributed by atoms with Gasteiger partial charge in [-0.15, -0.1) is 0 Å². The van der Waals surface area contributed by atoms with Crippen molar-refractivity contribution < 1.29 is 0 Å². The number of nitrogens with zero attached hydrogens (tertiary/aromatic N) is 6. The van der Waals surface area contributed by atoms with Gasteiger partial charge in [0.1, 0.15) is 0 Å². The number of rotatable bonds is 6. The summed E-state index contributed by atoms with van der Waals surface area (Å²) in [6.07, 6.45) is 8.26. The van der Waals surface area contributed by atoms with Crippen LogP contribution in [-0.2, 0) is 0 Å². The highest BCUT2D eigenvalue weighted by Crippen LogP contribution is 2.26. The highest BCUT2D eigenvalue weighted by atomic mass is 15.5. The van der Waals surface area contributed by atoms with Crippen molar-refractivity contribution in [3.8, 4) is 0 Å². The zero-order chi connectivity index (χ0) is 20.9. The van der Waals surface area contributed by atoms with Gasteiger partial charge in [0.05, 0.1) is 20.0 Å². The molecule has 6 nitrogen and oxygen atoms in total. The van der Waals surface area contributed by atoms with E-state index in [2.05, 4.69) is 50.2 Å². The van der Waals surface area contributed by atoms with E-state index < -0.39 is 0 Å². The van der Waals surface area contributed by atoms with Crippen molar-refractivity contribution in [2.24, 2.45) is 0 Å². The molecule has 4 fully saturated rings. The van der Waals surface area contributed by atoms with Crippen LogP contribution in [0, 0.1) is 0 Å². The van der Waals surface area contributed by atoms with Gasteiger partial charge in [-0.05, 0) is 77.8 Å². The molecule has 0 radical (unpaired) electrons. The molecule has 30 heavy (non-hydrogen) atoms. The molecule has 0 aromatic rings. The summed E-state index contributed by atoms with van der Waals surface area (Å²) in [5.74, 6) is 0. The number of hydrogen-bond donors (Lipinski definition) is 0. The lowest BCUT2D eigenvalue weighted by Gasteiger charge is -2.53. The Kier molecular flexibility index (Phi) is 8.46. The largest absolute Gasteiger partial charge is 0.302 e. The van der Waals surface area contributed by atoms with E-state index in [4.69, 9.17) is 0 Å². The van der Waals surface area contributed by atoms with Crippen molar-refractivity contribution in [2.75, 3.05) is 78.9 Å². The Balaban J connectivity index is 1.47. The second-order valence-corrected chi connectivity index (χ2v) is 10.3. The summed E-state index contributed by atoms with van der Waals surface area (Å²) in [5, 5.41) is 0. The summed E-state index contributed by atoms with van der Waals surface area (Å²) >= 11 is 0. The smallest absolute Gasteiger partial charge is 0.0536 e. The average molecular weight is 421 g/mol. The molecule has 0 bridgehead atoms. The molecule has 4 aliphatic rings. The molecule has 0 saturated carbocycles. The van der Waals surface area contributed by atoms with Gasteiger partial charge in [-0.3, -0.25) is 14.7 Å². The number of likely N-dealkylation sites (tertiary alicyclic amines) is 3. The Morgan fingerprint density at radius 1 is 0.500 bits per heavy atom. The first-order valence-corrected chi connectivity index (χ1v) is 13.1. The molecule has 0 amide bonds. The summed E-state index contributed by atoms with van der Waals surface area (Å²) in [5.41, 5.74) is 0.